The number of nitrogens with zero attached hydrogens (tertiary/aromatic N) is 2. The Morgan fingerprint density at radius 1 is 1.47 bits per heavy atom. The van der Waals surface area contributed by atoms with E-state index in [1.807, 2.05) is 31.3 Å². The minimum Gasteiger partial charge on any atom is -0.315 e. The zero-order valence-corrected chi connectivity index (χ0v) is 10.9. The van der Waals surface area contributed by atoms with Crippen LogP contribution < -0.4 is 5.32 Å². The summed E-state index contributed by atoms with van der Waals surface area (Å²) in [5.74, 6) is 0.106. The second-order valence-corrected chi connectivity index (χ2v) is 4.96. The lowest BCUT2D eigenvalue weighted by atomic mass is 9.88. The fourth-order valence-electron chi connectivity index (χ4n) is 1.69. The van der Waals surface area contributed by atoms with Crippen LogP contribution >= 0.6 is 0 Å². The summed E-state index contributed by atoms with van der Waals surface area (Å²) in [5.41, 5.74) is 1.08. The Kier molecular flexibility index (Phi) is 5.11. The zero-order valence-electron chi connectivity index (χ0n) is 10.9. The Hall–Kier alpha value is -1.40. The summed E-state index contributed by atoms with van der Waals surface area (Å²) in [6.45, 7) is 7.95. The molecule has 1 rings (SSSR count). The summed E-state index contributed by atoms with van der Waals surface area (Å²) in [5, 5.41) is 12.2. The molecule has 1 aromatic heterocycles. The molecule has 1 N–H and O–H groups in total. The molecule has 1 unspecified atom stereocenters. The summed E-state index contributed by atoms with van der Waals surface area (Å²) in [4.78, 5) is 4.38. The lowest BCUT2D eigenvalue weighted by molar-refractivity contribution is 0.436. The van der Waals surface area contributed by atoms with E-state index in [9.17, 15) is 0 Å². The van der Waals surface area contributed by atoms with Gasteiger partial charge in [0.2, 0.25) is 0 Å². The Morgan fingerprint density at radius 2 is 2.24 bits per heavy atom. The first kappa shape index (κ1) is 13.7. The Labute approximate surface area is 104 Å². The van der Waals surface area contributed by atoms with Crippen molar-refractivity contribution < 1.29 is 0 Å². The van der Waals surface area contributed by atoms with E-state index in [1.54, 1.807) is 0 Å². The van der Waals surface area contributed by atoms with E-state index >= 15 is 0 Å². The number of aromatic nitrogens is 1. The van der Waals surface area contributed by atoms with Crippen LogP contribution in [0, 0.1) is 17.2 Å². The Balaban J connectivity index is 2.49. The van der Waals surface area contributed by atoms with Gasteiger partial charge in [-0.15, -0.1) is 0 Å². The molecule has 0 aliphatic carbocycles. The van der Waals surface area contributed by atoms with Crippen LogP contribution in [0.1, 0.15) is 32.9 Å². The average molecular weight is 231 g/mol. The molecule has 1 atom stereocenters. The molecule has 0 radical (unpaired) electrons. The van der Waals surface area contributed by atoms with E-state index in [2.05, 4.69) is 30.2 Å². The van der Waals surface area contributed by atoms with E-state index in [4.69, 9.17) is 5.26 Å². The molecule has 3 heteroatoms. The van der Waals surface area contributed by atoms with Gasteiger partial charge < -0.3 is 5.32 Å². The molecule has 0 bridgehead atoms. The average Bonchev–Trinajstić information content (AvgIpc) is 2.36. The SMILES string of the molecule is CCC(C#N)CNCC(C)(C)c1ccccn1. The van der Waals surface area contributed by atoms with Crippen molar-refractivity contribution in [2.75, 3.05) is 13.1 Å². The summed E-state index contributed by atoms with van der Waals surface area (Å²) in [6, 6.07) is 8.28. The number of hydrogen-bond acceptors (Lipinski definition) is 3. The molecule has 0 spiro atoms. The lowest BCUT2D eigenvalue weighted by Gasteiger charge is -2.25. The first-order valence-corrected chi connectivity index (χ1v) is 6.12. The van der Waals surface area contributed by atoms with Crippen LogP contribution in [0.3, 0.4) is 0 Å². The third-order valence-corrected chi connectivity index (χ3v) is 2.99. The van der Waals surface area contributed by atoms with Crippen LogP contribution in [0.4, 0.5) is 0 Å². The lowest BCUT2D eigenvalue weighted by Crippen LogP contribution is -2.35. The van der Waals surface area contributed by atoms with E-state index in [0.717, 1.165) is 25.2 Å². The molecular formula is C14H21N3. The number of hydrogen-bond donors (Lipinski definition) is 1. The fraction of sp³-hybridized carbons (Fsp3) is 0.571. The largest absolute Gasteiger partial charge is 0.315 e. The van der Waals surface area contributed by atoms with Crippen molar-refractivity contribution in [2.45, 2.75) is 32.6 Å². The molecule has 0 amide bonds. The third-order valence-electron chi connectivity index (χ3n) is 2.99. The molecule has 17 heavy (non-hydrogen) atoms. The van der Waals surface area contributed by atoms with Gasteiger partial charge in [0.1, 0.15) is 0 Å². The normalized spacial score (nSPS) is 13.1. The van der Waals surface area contributed by atoms with Gasteiger partial charge in [-0.2, -0.15) is 5.26 Å². The number of rotatable bonds is 6. The summed E-state index contributed by atoms with van der Waals surface area (Å²) in [7, 11) is 0. The van der Waals surface area contributed by atoms with Gasteiger partial charge in [0.15, 0.2) is 0 Å². The predicted molar refractivity (Wildman–Crippen MR) is 69.5 cm³/mol. The van der Waals surface area contributed by atoms with E-state index in [1.165, 1.54) is 0 Å². The number of nitriles is 1. The van der Waals surface area contributed by atoms with E-state index in [-0.39, 0.29) is 11.3 Å². The number of pyridine rings is 1. The molecule has 0 aliphatic rings. The standard InChI is InChI=1S/C14H21N3/c1-4-12(9-15)10-16-11-14(2,3)13-7-5-6-8-17-13/h5-8,12,16H,4,10-11H2,1-3H3. The van der Waals surface area contributed by atoms with Crippen LogP contribution in [-0.4, -0.2) is 18.1 Å². The highest BCUT2D eigenvalue weighted by Crippen LogP contribution is 2.19. The number of nitrogens with one attached hydrogen (secondary N) is 1. The van der Waals surface area contributed by atoms with Crippen LogP contribution in [-0.2, 0) is 5.41 Å². The van der Waals surface area contributed by atoms with Crippen molar-refractivity contribution >= 4 is 0 Å². The first-order valence-electron chi connectivity index (χ1n) is 6.12. The summed E-state index contributed by atoms with van der Waals surface area (Å²) in [6.07, 6.45) is 2.72. The molecule has 0 saturated heterocycles. The highest BCUT2D eigenvalue weighted by Gasteiger charge is 2.21. The second kappa shape index (κ2) is 6.36. The maximum Gasteiger partial charge on any atom is 0.0669 e. The van der Waals surface area contributed by atoms with Crippen LogP contribution in [0.25, 0.3) is 0 Å². The van der Waals surface area contributed by atoms with Gasteiger partial charge in [-0.05, 0) is 18.6 Å². The molecule has 3 nitrogen and oxygen atoms in total. The van der Waals surface area contributed by atoms with Crippen molar-refractivity contribution in [2.24, 2.45) is 5.92 Å². The highest BCUT2D eigenvalue weighted by atomic mass is 14.9. The van der Waals surface area contributed by atoms with Gasteiger partial charge in [0.05, 0.1) is 12.0 Å². The van der Waals surface area contributed by atoms with Crippen molar-refractivity contribution in [1.29, 1.82) is 5.26 Å². The molecule has 1 aromatic rings. The maximum absolute atomic E-state index is 8.87. The van der Waals surface area contributed by atoms with Gasteiger partial charge in [0.25, 0.3) is 0 Å². The smallest absolute Gasteiger partial charge is 0.0669 e. The predicted octanol–water partition coefficient (Wildman–Crippen LogP) is 2.50. The fourth-order valence-corrected chi connectivity index (χ4v) is 1.69. The van der Waals surface area contributed by atoms with Crippen molar-refractivity contribution in [3.8, 4) is 6.07 Å². The van der Waals surface area contributed by atoms with Gasteiger partial charge in [0, 0.05) is 30.4 Å². The van der Waals surface area contributed by atoms with Crippen molar-refractivity contribution in [1.82, 2.24) is 10.3 Å². The zero-order chi connectivity index (χ0) is 12.7. The summed E-state index contributed by atoms with van der Waals surface area (Å²) >= 11 is 0. The first-order chi connectivity index (χ1) is 8.10. The van der Waals surface area contributed by atoms with Gasteiger partial charge >= 0.3 is 0 Å². The van der Waals surface area contributed by atoms with Gasteiger partial charge in [-0.3, -0.25) is 4.98 Å². The topological polar surface area (TPSA) is 48.7 Å². The minimum atomic E-state index is -0.00495. The second-order valence-electron chi connectivity index (χ2n) is 4.96. The molecule has 0 saturated carbocycles. The molecule has 0 aliphatic heterocycles. The molecule has 0 aromatic carbocycles. The van der Waals surface area contributed by atoms with E-state index in [0.29, 0.717) is 0 Å². The Morgan fingerprint density at radius 3 is 2.76 bits per heavy atom. The molecular weight excluding hydrogens is 210 g/mol. The summed E-state index contributed by atoms with van der Waals surface area (Å²) < 4.78 is 0. The van der Waals surface area contributed by atoms with Gasteiger partial charge in [-0.1, -0.05) is 26.8 Å². The van der Waals surface area contributed by atoms with Crippen LogP contribution in [0.5, 0.6) is 0 Å². The minimum absolute atomic E-state index is 0.00495. The quantitative estimate of drug-likeness (QED) is 0.818. The highest BCUT2D eigenvalue weighted by molar-refractivity contribution is 5.14. The van der Waals surface area contributed by atoms with Crippen molar-refractivity contribution in [3.63, 3.8) is 0 Å². The van der Waals surface area contributed by atoms with Crippen LogP contribution in [0.2, 0.25) is 0 Å². The van der Waals surface area contributed by atoms with Gasteiger partial charge in [-0.25, -0.2) is 0 Å². The van der Waals surface area contributed by atoms with Crippen LogP contribution in [0.15, 0.2) is 24.4 Å². The Bertz CT molecular complexity index is 365. The molecule has 92 valence electrons. The monoisotopic (exact) mass is 231 g/mol. The van der Waals surface area contributed by atoms with Crippen molar-refractivity contribution in [3.05, 3.63) is 30.1 Å². The molecule has 0 fully saturated rings. The third kappa shape index (κ3) is 4.16. The van der Waals surface area contributed by atoms with E-state index < -0.39 is 0 Å². The molecule has 1 heterocycles. The maximum atomic E-state index is 8.87.